The highest BCUT2D eigenvalue weighted by Crippen LogP contribution is 2.03. The van der Waals surface area contributed by atoms with Gasteiger partial charge in [-0.25, -0.2) is 0 Å². The van der Waals surface area contributed by atoms with Crippen LogP contribution in [0.25, 0.3) is 0 Å². The molecule has 0 saturated heterocycles. The molecule has 0 saturated carbocycles. The topological polar surface area (TPSA) is 24.4 Å². The maximum atomic E-state index is 4.43. The van der Waals surface area contributed by atoms with Gasteiger partial charge < -0.3 is 5.32 Å². The summed E-state index contributed by atoms with van der Waals surface area (Å²) >= 11 is 0. The molecule has 1 N–H and O–H groups in total. The standard InChI is InChI=1S/C10H20N2/c1-2-3-5-8-11-10-7-4-6-9-12-10/h2-9H2,1H3,(H,11,12). The number of hydrogen-bond acceptors (Lipinski definition) is 2. The van der Waals surface area contributed by atoms with E-state index in [0.29, 0.717) is 0 Å². The molecule has 2 nitrogen and oxygen atoms in total. The number of aliphatic imine (C=N–C) groups is 1. The molecule has 12 heavy (non-hydrogen) atoms. The lowest BCUT2D eigenvalue weighted by molar-refractivity contribution is 0.665. The molecule has 1 aliphatic rings. The Morgan fingerprint density at radius 3 is 2.92 bits per heavy atom. The van der Waals surface area contributed by atoms with Crippen LogP contribution in [0.3, 0.4) is 0 Å². The van der Waals surface area contributed by atoms with Crippen LogP contribution in [-0.2, 0) is 0 Å². The summed E-state index contributed by atoms with van der Waals surface area (Å²) in [5, 5.41) is 3.41. The van der Waals surface area contributed by atoms with Crippen LogP contribution in [0.4, 0.5) is 0 Å². The molecule has 0 radical (unpaired) electrons. The molecular formula is C10H20N2. The Morgan fingerprint density at radius 1 is 1.33 bits per heavy atom. The first kappa shape index (κ1) is 9.56. The minimum atomic E-state index is 1.04. The lowest BCUT2D eigenvalue weighted by atomic mass is 10.2. The monoisotopic (exact) mass is 168 g/mol. The summed E-state index contributed by atoms with van der Waals surface area (Å²) in [6, 6.07) is 0. The van der Waals surface area contributed by atoms with Crippen LogP contribution in [0.2, 0.25) is 0 Å². The molecule has 0 aromatic heterocycles. The molecule has 0 fully saturated rings. The van der Waals surface area contributed by atoms with Crippen LogP contribution in [0, 0.1) is 0 Å². The van der Waals surface area contributed by atoms with Crippen LogP contribution in [0.5, 0.6) is 0 Å². The zero-order valence-corrected chi connectivity index (χ0v) is 8.10. The van der Waals surface area contributed by atoms with E-state index in [0.717, 1.165) is 13.1 Å². The highest BCUT2D eigenvalue weighted by molar-refractivity contribution is 5.82. The molecular weight excluding hydrogens is 148 g/mol. The van der Waals surface area contributed by atoms with Crippen molar-refractivity contribution in [3.63, 3.8) is 0 Å². The van der Waals surface area contributed by atoms with Gasteiger partial charge in [-0.05, 0) is 19.3 Å². The maximum absolute atomic E-state index is 4.43. The van der Waals surface area contributed by atoms with Gasteiger partial charge in [0.25, 0.3) is 0 Å². The summed E-state index contributed by atoms with van der Waals surface area (Å²) in [5.74, 6) is 1.25. The summed E-state index contributed by atoms with van der Waals surface area (Å²) < 4.78 is 0. The minimum Gasteiger partial charge on any atom is -0.374 e. The van der Waals surface area contributed by atoms with Crippen molar-refractivity contribution in [2.75, 3.05) is 13.1 Å². The molecule has 0 spiro atoms. The van der Waals surface area contributed by atoms with E-state index in [1.807, 2.05) is 0 Å². The molecule has 0 unspecified atom stereocenters. The van der Waals surface area contributed by atoms with Gasteiger partial charge in [0.2, 0.25) is 0 Å². The van der Waals surface area contributed by atoms with Gasteiger partial charge >= 0.3 is 0 Å². The van der Waals surface area contributed by atoms with Crippen LogP contribution in [0.1, 0.15) is 45.4 Å². The normalized spacial score (nSPS) is 17.2. The van der Waals surface area contributed by atoms with Crippen LogP contribution in [-0.4, -0.2) is 18.9 Å². The van der Waals surface area contributed by atoms with Crippen molar-refractivity contribution in [2.45, 2.75) is 45.4 Å². The third kappa shape index (κ3) is 3.74. The average Bonchev–Trinajstić information content (AvgIpc) is 2.14. The molecule has 1 rings (SSSR count). The van der Waals surface area contributed by atoms with Crippen molar-refractivity contribution in [1.82, 2.24) is 5.32 Å². The number of unbranched alkanes of at least 4 members (excludes halogenated alkanes) is 2. The molecule has 1 aliphatic heterocycles. The Bertz CT molecular complexity index is 141. The van der Waals surface area contributed by atoms with E-state index in [4.69, 9.17) is 0 Å². The second-order valence-electron chi connectivity index (χ2n) is 3.42. The third-order valence-electron chi connectivity index (χ3n) is 2.23. The van der Waals surface area contributed by atoms with Gasteiger partial charge in [0.15, 0.2) is 0 Å². The summed E-state index contributed by atoms with van der Waals surface area (Å²) in [4.78, 5) is 4.43. The van der Waals surface area contributed by atoms with Crippen LogP contribution < -0.4 is 5.32 Å². The highest BCUT2D eigenvalue weighted by atomic mass is 15.0. The van der Waals surface area contributed by atoms with Gasteiger partial charge in [0.1, 0.15) is 0 Å². The molecule has 0 aromatic rings. The van der Waals surface area contributed by atoms with Gasteiger partial charge in [-0.15, -0.1) is 0 Å². The Morgan fingerprint density at radius 2 is 2.25 bits per heavy atom. The zero-order valence-electron chi connectivity index (χ0n) is 8.10. The van der Waals surface area contributed by atoms with Crippen molar-refractivity contribution in [1.29, 1.82) is 0 Å². The highest BCUT2D eigenvalue weighted by Gasteiger charge is 2.02. The van der Waals surface area contributed by atoms with Gasteiger partial charge in [-0.2, -0.15) is 0 Å². The SMILES string of the molecule is CCCCCNC1=NCCCC1. The van der Waals surface area contributed by atoms with Crippen LogP contribution in [0.15, 0.2) is 4.99 Å². The van der Waals surface area contributed by atoms with E-state index < -0.39 is 0 Å². The van der Waals surface area contributed by atoms with Gasteiger partial charge in [-0.1, -0.05) is 19.8 Å². The third-order valence-corrected chi connectivity index (χ3v) is 2.23. The van der Waals surface area contributed by atoms with Gasteiger partial charge in [0, 0.05) is 19.5 Å². The quantitative estimate of drug-likeness (QED) is 0.640. The Balaban J connectivity index is 2.01. The fraction of sp³-hybridized carbons (Fsp3) is 0.900. The fourth-order valence-corrected chi connectivity index (χ4v) is 1.45. The van der Waals surface area contributed by atoms with Crippen molar-refractivity contribution >= 4 is 5.84 Å². The lowest BCUT2D eigenvalue weighted by Gasteiger charge is -2.13. The van der Waals surface area contributed by atoms with Crippen molar-refractivity contribution in [3.8, 4) is 0 Å². The fourth-order valence-electron chi connectivity index (χ4n) is 1.45. The molecule has 2 heteroatoms. The Hall–Kier alpha value is -0.530. The molecule has 0 bridgehead atoms. The van der Waals surface area contributed by atoms with Crippen molar-refractivity contribution in [2.24, 2.45) is 4.99 Å². The first-order valence-corrected chi connectivity index (χ1v) is 5.20. The van der Waals surface area contributed by atoms with E-state index in [1.54, 1.807) is 0 Å². The van der Waals surface area contributed by atoms with Crippen LogP contribution >= 0.6 is 0 Å². The van der Waals surface area contributed by atoms with E-state index >= 15 is 0 Å². The number of hydrogen-bond donors (Lipinski definition) is 1. The summed E-state index contributed by atoms with van der Waals surface area (Å²) in [6.07, 6.45) is 7.69. The summed E-state index contributed by atoms with van der Waals surface area (Å²) in [7, 11) is 0. The van der Waals surface area contributed by atoms with E-state index in [1.165, 1.54) is 44.4 Å². The number of amidine groups is 1. The zero-order chi connectivity index (χ0) is 8.65. The molecule has 0 atom stereocenters. The second kappa shape index (κ2) is 6.04. The van der Waals surface area contributed by atoms with Gasteiger partial charge in [0.05, 0.1) is 5.84 Å². The number of nitrogens with zero attached hydrogens (tertiary/aromatic N) is 1. The minimum absolute atomic E-state index is 1.04. The van der Waals surface area contributed by atoms with E-state index in [-0.39, 0.29) is 0 Å². The largest absolute Gasteiger partial charge is 0.374 e. The predicted octanol–water partition coefficient (Wildman–Crippen LogP) is 2.35. The van der Waals surface area contributed by atoms with Crippen molar-refractivity contribution in [3.05, 3.63) is 0 Å². The smallest absolute Gasteiger partial charge is 0.0963 e. The van der Waals surface area contributed by atoms with E-state index in [2.05, 4.69) is 17.2 Å². The Kier molecular flexibility index (Phi) is 4.81. The molecule has 0 aromatic carbocycles. The molecule has 70 valence electrons. The molecule has 0 amide bonds. The lowest BCUT2D eigenvalue weighted by Crippen LogP contribution is -2.26. The summed E-state index contributed by atoms with van der Waals surface area (Å²) in [5.41, 5.74) is 0. The van der Waals surface area contributed by atoms with Crippen molar-refractivity contribution < 1.29 is 0 Å². The first-order valence-electron chi connectivity index (χ1n) is 5.20. The molecule has 1 heterocycles. The Labute approximate surface area is 75.5 Å². The maximum Gasteiger partial charge on any atom is 0.0963 e. The number of nitrogens with one attached hydrogen (secondary N) is 1. The predicted molar refractivity (Wildman–Crippen MR) is 53.7 cm³/mol. The average molecular weight is 168 g/mol. The van der Waals surface area contributed by atoms with E-state index in [9.17, 15) is 0 Å². The first-order chi connectivity index (χ1) is 5.93. The summed E-state index contributed by atoms with van der Waals surface area (Å²) in [6.45, 7) is 4.39. The number of rotatable bonds is 4. The second-order valence-corrected chi connectivity index (χ2v) is 3.42. The molecule has 0 aliphatic carbocycles. The van der Waals surface area contributed by atoms with Gasteiger partial charge in [-0.3, -0.25) is 4.99 Å².